The van der Waals surface area contributed by atoms with Crippen molar-refractivity contribution in [2.24, 2.45) is 0 Å². The number of hydrogen-bond donors (Lipinski definition) is 2. The highest BCUT2D eigenvalue weighted by molar-refractivity contribution is 6.35. The van der Waals surface area contributed by atoms with Crippen LogP contribution in [0.1, 0.15) is 42.9 Å². The van der Waals surface area contributed by atoms with Crippen molar-refractivity contribution in [3.05, 3.63) is 35.4 Å². The van der Waals surface area contributed by atoms with Crippen molar-refractivity contribution < 1.29 is 14.3 Å². The summed E-state index contributed by atoms with van der Waals surface area (Å²) in [6, 6.07) is 8.55. The van der Waals surface area contributed by atoms with E-state index in [1.807, 2.05) is 0 Å². The number of aryl methyl sites for hydroxylation is 1. The normalized spacial score (nSPS) is 19.9. The smallest absolute Gasteiger partial charge is 0.309 e. The number of rotatable bonds is 5. The lowest BCUT2D eigenvalue weighted by molar-refractivity contribution is -0.139. The van der Waals surface area contributed by atoms with Crippen molar-refractivity contribution in [1.29, 1.82) is 0 Å². The fraction of sp³-hybridized carbons (Fsp3) is 0.600. The number of amides is 2. The van der Waals surface area contributed by atoms with Gasteiger partial charge in [-0.3, -0.25) is 14.5 Å². The predicted octanol–water partition coefficient (Wildman–Crippen LogP) is 1.54. The average Bonchev–Trinajstić information content (AvgIpc) is 3.17. The molecular weight excluding hydrogens is 330 g/mol. The van der Waals surface area contributed by atoms with Gasteiger partial charge in [-0.05, 0) is 25.3 Å². The number of ether oxygens (including phenoxy) is 1. The van der Waals surface area contributed by atoms with E-state index < -0.39 is 11.8 Å². The second-order valence-corrected chi connectivity index (χ2v) is 7.24. The zero-order chi connectivity index (χ0) is 18.4. The topological polar surface area (TPSA) is 70.7 Å². The molecule has 0 unspecified atom stereocenters. The van der Waals surface area contributed by atoms with Crippen molar-refractivity contribution in [3.8, 4) is 0 Å². The Balaban J connectivity index is 1.60. The number of nitrogens with one attached hydrogen (secondary N) is 2. The predicted molar refractivity (Wildman–Crippen MR) is 99.7 cm³/mol. The number of carbonyl (C=O) groups is 2. The highest BCUT2D eigenvalue weighted by Crippen LogP contribution is 2.22. The van der Waals surface area contributed by atoms with Gasteiger partial charge in [0.1, 0.15) is 0 Å². The van der Waals surface area contributed by atoms with Crippen LogP contribution in [0.2, 0.25) is 0 Å². The van der Waals surface area contributed by atoms with Crippen LogP contribution in [0.5, 0.6) is 0 Å². The third-order valence-electron chi connectivity index (χ3n) is 5.30. The molecule has 26 heavy (non-hydrogen) atoms. The van der Waals surface area contributed by atoms with Gasteiger partial charge in [0.25, 0.3) is 0 Å². The minimum atomic E-state index is -0.540. The molecule has 0 radical (unpaired) electrons. The number of benzene rings is 1. The first kappa shape index (κ1) is 18.9. The first-order chi connectivity index (χ1) is 12.6. The van der Waals surface area contributed by atoms with Crippen LogP contribution in [0.25, 0.3) is 0 Å². The lowest BCUT2D eigenvalue weighted by Crippen LogP contribution is -2.48. The Morgan fingerprint density at radius 1 is 1.12 bits per heavy atom. The second-order valence-electron chi connectivity index (χ2n) is 7.24. The van der Waals surface area contributed by atoms with Crippen LogP contribution in [0.15, 0.2) is 24.3 Å². The summed E-state index contributed by atoms with van der Waals surface area (Å²) in [6.07, 6.45) is 4.19. The van der Waals surface area contributed by atoms with E-state index in [1.54, 1.807) is 0 Å². The molecule has 1 aromatic carbocycles. The molecule has 2 fully saturated rings. The van der Waals surface area contributed by atoms with Gasteiger partial charge in [0.15, 0.2) is 0 Å². The standard InChI is InChI=1S/C20H29N3O3/c1-15-6-8-16(9-7-15)18(23-10-12-26-13-11-23)14-21-19(24)20(25)22-17-4-2-3-5-17/h6-9,17-18H,2-5,10-14H2,1H3,(H,21,24)(H,22,25)/t18-/m1/s1. The molecule has 1 saturated carbocycles. The summed E-state index contributed by atoms with van der Waals surface area (Å²) in [5.74, 6) is -1.05. The fourth-order valence-electron chi connectivity index (χ4n) is 3.73. The highest BCUT2D eigenvalue weighted by atomic mass is 16.5. The van der Waals surface area contributed by atoms with E-state index in [0.717, 1.165) is 44.3 Å². The zero-order valence-corrected chi connectivity index (χ0v) is 15.5. The highest BCUT2D eigenvalue weighted by Gasteiger charge is 2.25. The van der Waals surface area contributed by atoms with Gasteiger partial charge in [-0.15, -0.1) is 0 Å². The summed E-state index contributed by atoms with van der Waals surface area (Å²) >= 11 is 0. The maximum Gasteiger partial charge on any atom is 0.309 e. The molecule has 6 nitrogen and oxygen atoms in total. The number of morpholine rings is 1. The third-order valence-corrected chi connectivity index (χ3v) is 5.30. The summed E-state index contributed by atoms with van der Waals surface area (Å²) in [5.41, 5.74) is 2.35. The first-order valence-electron chi connectivity index (χ1n) is 9.60. The molecule has 1 heterocycles. The Morgan fingerprint density at radius 2 is 1.77 bits per heavy atom. The Kier molecular flexibility index (Phi) is 6.63. The molecule has 142 valence electrons. The number of nitrogens with zero attached hydrogens (tertiary/aromatic N) is 1. The van der Waals surface area contributed by atoms with E-state index in [9.17, 15) is 9.59 Å². The van der Waals surface area contributed by atoms with E-state index in [1.165, 1.54) is 5.56 Å². The van der Waals surface area contributed by atoms with Crippen molar-refractivity contribution in [3.63, 3.8) is 0 Å². The number of hydrogen-bond acceptors (Lipinski definition) is 4. The molecule has 1 aliphatic carbocycles. The van der Waals surface area contributed by atoms with Gasteiger partial charge < -0.3 is 15.4 Å². The van der Waals surface area contributed by atoms with Crippen LogP contribution >= 0.6 is 0 Å². The SMILES string of the molecule is Cc1ccc([C@@H](CNC(=O)C(=O)NC2CCCC2)N2CCOCC2)cc1. The molecule has 1 aromatic rings. The van der Waals surface area contributed by atoms with Gasteiger partial charge in [0.05, 0.1) is 19.3 Å². The van der Waals surface area contributed by atoms with E-state index in [2.05, 4.69) is 46.7 Å². The van der Waals surface area contributed by atoms with Gasteiger partial charge in [-0.1, -0.05) is 42.7 Å². The molecule has 2 amide bonds. The quantitative estimate of drug-likeness (QED) is 0.783. The van der Waals surface area contributed by atoms with Gasteiger partial charge >= 0.3 is 11.8 Å². The molecule has 1 aliphatic heterocycles. The minimum absolute atomic E-state index is 0.0442. The summed E-state index contributed by atoms with van der Waals surface area (Å²) in [7, 11) is 0. The largest absolute Gasteiger partial charge is 0.379 e. The molecule has 1 atom stereocenters. The van der Waals surface area contributed by atoms with E-state index >= 15 is 0 Å². The molecule has 3 rings (SSSR count). The molecule has 0 bridgehead atoms. The molecule has 2 aliphatic rings. The molecule has 1 saturated heterocycles. The van der Waals surface area contributed by atoms with Crippen LogP contribution in [0.3, 0.4) is 0 Å². The van der Waals surface area contributed by atoms with E-state index in [4.69, 9.17) is 4.74 Å². The maximum atomic E-state index is 12.2. The summed E-state index contributed by atoms with van der Waals surface area (Å²) in [6.45, 7) is 5.50. The molecule has 2 N–H and O–H groups in total. The minimum Gasteiger partial charge on any atom is -0.379 e. The summed E-state index contributed by atoms with van der Waals surface area (Å²) in [4.78, 5) is 26.7. The molecule has 0 aromatic heterocycles. The van der Waals surface area contributed by atoms with Crippen LogP contribution in [-0.2, 0) is 14.3 Å². The third kappa shape index (κ3) is 5.05. The Morgan fingerprint density at radius 3 is 2.42 bits per heavy atom. The second kappa shape index (κ2) is 9.14. The van der Waals surface area contributed by atoms with Crippen LogP contribution in [-0.4, -0.2) is 55.6 Å². The van der Waals surface area contributed by atoms with Crippen LogP contribution < -0.4 is 10.6 Å². The average molecular weight is 359 g/mol. The first-order valence-corrected chi connectivity index (χ1v) is 9.60. The molecule has 6 heteroatoms. The van der Waals surface area contributed by atoms with Crippen molar-refractivity contribution in [2.75, 3.05) is 32.8 Å². The van der Waals surface area contributed by atoms with Crippen LogP contribution in [0.4, 0.5) is 0 Å². The van der Waals surface area contributed by atoms with Gasteiger partial charge in [-0.25, -0.2) is 0 Å². The Labute approximate surface area is 155 Å². The monoisotopic (exact) mass is 359 g/mol. The number of carbonyl (C=O) groups excluding carboxylic acids is 2. The van der Waals surface area contributed by atoms with Crippen molar-refractivity contribution in [1.82, 2.24) is 15.5 Å². The zero-order valence-electron chi connectivity index (χ0n) is 15.5. The Hall–Kier alpha value is -1.92. The summed E-state index contributed by atoms with van der Waals surface area (Å²) in [5, 5.41) is 5.68. The Bertz CT molecular complexity index is 605. The fourth-order valence-corrected chi connectivity index (χ4v) is 3.73. The van der Waals surface area contributed by atoms with Crippen LogP contribution in [0, 0.1) is 6.92 Å². The lowest BCUT2D eigenvalue weighted by Gasteiger charge is -2.35. The van der Waals surface area contributed by atoms with Crippen molar-refractivity contribution >= 4 is 11.8 Å². The molecule has 0 spiro atoms. The van der Waals surface area contributed by atoms with E-state index in [-0.39, 0.29) is 12.1 Å². The van der Waals surface area contributed by atoms with E-state index in [0.29, 0.717) is 19.8 Å². The van der Waals surface area contributed by atoms with Gasteiger partial charge in [0.2, 0.25) is 0 Å². The van der Waals surface area contributed by atoms with Gasteiger partial charge in [0, 0.05) is 25.7 Å². The maximum absolute atomic E-state index is 12.2. The lowest BCUT2D eigenvalue weighted by atomic mass is 10.0. The molecular formula is C20H29N3O3. The van der Waals surface area contributed by atoms with Crippen molar-refractivity contribution in [2.45, 2.75) is 44.7 Å². The van der Waals surface area contributed by atoms with Gasteiger partial charge in [-0.2, -0.15) is 0 Å². The summed E-state index contributed by atoms with van der Waals surface area (Å²) < 4.78 is 5.45.